The molecule has 1 saturated heterocycles. The van der Waals surface area contributed by atoms with E-state index in [9.17, 15) is 0 Å². The van der Waals surface area contributed by atoms with Crippen molar-refractivity contribution < 1.29 is 4.74 Å². The van der Waals surface area contributed by atoms with Crippen LogP contribution in [0.5, 0.6) is 0 Å². The van der Waals surface area contributed by atoms with Crippen LogP contribution in [0.25, 0.3) is 0 Å². The predicted octanol–water partition coefficient (Wildman–Crippen LogP) is 2.00. The van der Waals surface area contributed by atoms with Gasteiger partial charge in [0.1, 0.15) is 0 Å². The second-order valence-electron chi connectivity index (χ2n) is 4.98. The summed E-state index contributed by atoms with van der Waals surface area (Å²) in [6.07, 6.45) is 6.22. The molecule has 0 aliphatic carbocycles. The largest absolute Gasteiger partial charge is 0.383 e. The van der Waals surface area contributed by atoms with Gasteiger partial charge in [-0.25, -0.2) is 0 Å². The molecule has 1 rings (SSSR count). The second-order valence-corrected chi connectivity index (χ2v) is 4.98. The minimum Gasteiger partial charge on any atom is -0.383 e. The summed E-state index contributed by atoms with van der Waals surface area (Å²) in [4.78, 5) is 2.68. The molecule has 0 bridgehead atoms. The molecule has 0 spiro atoms. The zero-order chi connectivity index (χ0) is 12.0. The summed E-state index contributed by atoms with van der Waals surface area (Å²) in [5, 5.41) is 0. The van der Waals surface area contributed by atoms with Gasteiger partial charge in [-0.05, 0) is 45.6 Å². The van der Waals surface area contributed by atoms with Gasteiger partial charge in [-0.15, -0.1) is 0 Å². The van der Waals surface area contributed by atoms with Crippen LogP contribution in [-0.4, -0.2) is 43.3 Å². The lowest BCUT2D eigenvalue weighted by atomic mass is 10.1. The zero-order valence-electron chi connectivity index (χ0n) is 11.1. The average molecular weight is 228 g/mol. The Kier molecular flexibility index (Phi) is 6.32. The summed E-state index contributed by atoms with van der Waals surface area (Å²) < 4.78 is 5.37. The van der Waals surface area contributed by atoms with Crippen molar-refractivity contribution in [1.29, 1.82) is 0 Å². The maximum absolute atomic E-state index is 5.61. The first-order chi connectivity index (χ1) is 7.74. The zero-order valence-corrected chi connectivity index (χ0v) is 11.1. The Bertz CT molecular complexity index is 187. The van der Waals surface area contributed by atoms with E-state index in [1.165, 1.54) is 25.7 Å². The normalized spacial score (nSPS) is 28.5. The first-order valence-electron chi connectivity index (χ1n) is 6.71. The van der Waals surface area contributed by atoms with E-state index in [1.807, 2.05) is 0 Å². The maximum Gasteiger partial charge on any atom is 0.0618 e. The lowest BCUT2D eigenvalue weighted by molar-refractivity contribution is 0.0538. The van der Waals surface area contributed by atoms with E-state index in [1.54, 1.807) is 7.11 Å². The highest BCUT2D eigenvalue weighted by molar-refractivity contribution is 4.89. The molecule has 3 atom stereocenters. The number of ether oxygens (including phenoxy) is 1. The number of methoxy groups -OCH3 is 1. The van der Waals surface area contributed by atoms with Crippen LogP contribution in [0.4, 0.5) is 0 Å². The third kappa shape index (κ3) is 3.44. The number of hydrogen-bond acceptors (Lipinski definition) is 3. The van der Waals surface area contributed by atoms with Gasteiger partial charge in [-0.2, -0.15) is 0 Å². The average Bonchev–Trinajstić information content (AvgIpc) is 2.66. The van der Waals surface area contributed by atoms with Crippen LogP contribution < -0.4 is 5.73 Å². The molecule has 3 unspecified atom stereocenters. The van der Waals surface area contributed by atoms with Gasteiger partial charge in [-0.1, -0.05) is 6.92 Å². The van der Waals surface area contributed by atoms with Crippen molar-refractivity contribution in [3.05, 3.63) is 0 Å². The Labute approximate surface area is 100 Å². The van der Waals surface area contributed by atoms with Crippen molar-refractivity contribution >= 4 is 0 Å². The van der Waals surface area contributed by atoms with Crippen LogP contribution in [0.15, 0.2) is 0 Å². The van der Waals surface area contributed by atoms with Crippen LogP contribution in [0.3, 0.4) is 0 Å². The molecule has 0 saturated carbocycles. The second kappa shape index (κ2) is 7.25. The molecule has 3 heteroatoms. The van der Waals surface area contributed by atoms with Crippen LogP contribution in [0.2, 0.25) is 0 Å². The fourth-order valence-corrected chi connectivity index (χ4v) is 3.03. The molecular formula is C13H28N2O. The first-order valence-corrected chi connectivity index (χ1v) is 6.71. The molecule has 0 amide bonds. The Balaban J connectivity index is 2.58. The summed E-state index contributed by atoms with van der Waals surface area (Å²) in [7, 11) is 1.80. The molecule has 16 heavy (non-hydrogen) atoms. The molecule has 0 aromatic rings. The molecule has 1 fully saturated rings. The fraction of sp³-hybridized carbons (Fsp3) is 1.00. The van der Waals surface area contributed by atoms with E-state index in [0.717, 1.165) is 25.6 Å². The van der Waals surface area contributed by atoms with Crippen molar-refractivity contribution in [3.63, 3.8) is 0 Å². The van der Waals surface area contributed by atoms with Crippen LogP contribution >= 0.6 is 0 Å². The fourth-order valence-electron chi connectivity index (χ4n) is 3.03. The monoisotopic (exact) mass is 228 g/mol. The highest BCUT2D eigenvalue weighted by Gasteiger charge is 2.34. The standard InChI is InChI=1S/C13H28N2O/c1-4-12-8-7-11(2)15(12)13(10-16-3)6-5-9-14/h11-13H,4-10,14H2,1-3H3. The number of rotatable bonds is 7. The topological polar surface area (TPSA) is 38.5 Å². The van der Waals surface area contributed by atoms with E-state index < -0.39 is 0 Å². The van der Waals surface area contributed by atoms with Gasteiger partial charge < -0.3 is 10.5 Å². The van der Waals surface area contributed by atoms with Gasteiger partial charge in [-0.3, -0.25) is 4.90 Å². The van der Waals surface area contributed by atoms with Crippen molar-refractivity contribution in [2.24, 2.45) is 5.73 Å². The van der Waals surface area contributed by atoms with E-state index in [-0.39, 0.29) is 0 Å². The first kappa shape index (κ1) is 13.9. The number of nitrogens with two attached hydrogens (primary N) is 1. The summed E-state index contributed by atoms with van der Waals surface area (Å²) in [5.74, 6) is 0. The van der Waals surface area contributed by atoms with Gasteiger partial charge in [0.25, 0.3) is 0 Å². The number of nitrogens with zero attached hydrogens (tertiary/aromatic N) is 1. The maximum atomic E-state index is 5.61. The SMILES string of the molecule is CCC1CCC(C)N1C(CCCN)COC. The van der Waals surface area contributed by atoms with E-state index in [4.69, 9.17) is 10.5 Å². The molecule has 0 aromatic heterocycles. The lowest BCUT2D eigenvalue weighted by Crippen LogP contribution is -2.45. The molecule has 1 aliphatic rings. The summed E-state index contributed by atoms with van der Waals surface area (Å²) in [6.45, 7) is 6.28. The third-order valence-corrected chi connectivity index (χ3v) is 3.84. The quantitative estimate of drug-likeness (QED) is 0.724. The summed E-state index contributed by atoms with van der Waals surface area (Å²) in [6, 6.07) is 2.03. The van der Waals surface area contributed by atoms with Crippen molar-refractivity contribution in [2.75, 3.05) is 20.3 Å². The van der Waals surface area contributed by atoms with E-state index in [0.29, 0.717) is 12.1 Å². The van der Waals surface area contributed by atoms with Crippen LogP contribution in [0.1, 0.15) is 46.0 Å². The van der Waals surface area contributed by atoms with E-state index >= 15 is 0 Å². The molecule has 0 radical (unpaired) electrons. The summed E-state index contributed by atoms with van der Waals surface area (Å²) in [5.41, 5.74) is 5.61. The van der Waals surface area contributed by atoms with Gasteiger partial charge in [0, 0.05) is 25.2 Å². The Morgan fingerprint density at radius 2 is 2.19 bits per heavy atom. The Morgan fingerprint density at radius 3 is 2.75 bits per heavy atom. The van der Waals surface area contributed by atoms with Gasteiger partial charge in [0.2, 0.25) is 0 Å². The molecule has 3 nitrogen and oxygen atoms in total. The Morgan fingerprint density at radius 1 is 1.44 bits per heavy atom. The van der Waals surface area contributed by atoms with E-state index in [2.05, 4.69) is 18.7 Å². The minimum absolute atomic E-state index is 0.566. The van der Waals surface area contributed by atoms with Gasteiger partial charge in [0.15, 0.2) is 0 Å². The smallest absolute Gasteiger partial charge is 0.0618 e. The molecule has 2 N–H and O–H groups in total. The number of hydrogen-bond donors (Lipinski definition) is 1. The highest BCUT2D eigenvalue weighted by atomic mass is 16.5. The van der Waals surface area contributed by atoms with Gasteiger partial charge in [0.05, 0.1) is 6.61 Å². The minimum atomic E-state index is 0.566. The molecule has 1 heterocycles. The van der Waals surface area contributed by atoms with Crippen molar-refractivity contribution in [3.8, 4) is 0 Å². The molecule has 1 aliphatic heterocycles. The van der Waals surface area contributed by atoms with Gasteiger partial charge >= 0.3 is 0 Å². The predicted molar refractivity (Wildman–Crippen MR) is 68.6 cm³/mol. The highest BCUT2D eigenvalue weighted by Crippen LogP contribution is 2.29. The Hall–Kier alpha value is -0.120. The lowest BCUT2D eigenvalue weighted by Gasteiger charge is -2.35. The van der Waals surface area contributed by atoms with Crippen molar-refractivity contribution in [2.45, 2.75) is 64.1 Å². The summed E-state index contributed by atoms with van der Waals surface area (Å²) >= 11 is 0. The van der Waals surface area contributed by atoms with Crippen LogP contribution in [0, 0.1) is 0 Å². The third-order valence-electron chi connectivity index (χ3n) is 3.84. The molecule has 96 valence electrons. The van der Waals surface area contributed by atoms with Crippen molar-refractivity contribution in [1.82, 2.24) is 4.90 Å². The van der Waals surface area contributed by atoms with Crippen LogP contribution in [-0.2, 0) is 4.74 Å². The number of likely N-dealkylation sites (tertiary alicyclic amines) is 1. The molecule has 0 aromatic carbocycles. The molecular weight excluding hydrogens is 200 g/mol.